The van der Waals surface area contributed by atoms with Gasteiger partial charge in [0.15, 0.2) is 0 Å². The number of amides is 1. The van der Waals surface area contributed by atoms with E-state index < -0.39 is 0 Å². The summed E-state index contributed by atoms with van der Waals surface area (Å²) in [5, 5.41) is 0. The number of morpholine rings is 2. The second kappa shape index (κ2) is 8.24. The average molecular weight is 382 g/mol. The Morgan fingerprint density at radius 3 is 2.36 bits per heavy atom. The molecule has 0 atom stereocenters. The molecule has 2 saturated heterocycles. The van der Waals surface area contributed by atoms with Crippen LogP contribution in [0.1, 0.15) is 21.6 Å². The van der Waals surface area contributed by atoms with Crippen molar-refractivity contribution in [1.82, 2.24) is 14.9 Å². The number of carbonyl (C=O) groups excluding carboxylic acids is 1. The maximum absolute atomic E-state index is 12.9. The van der Waals surface area contributed by atoms with E-state index in [1.54, 1.807) is 0 Å². The van der Waals surface area contributed by atoms with Gasteiger partial charge in [-0.1, -0.05) is 6.07 Å². The molecule has 148 valence electrons. The van der Waals surface area contributed by atoms with Crippen molar-refractivity contribution >= 4 is 11.7 Å². The van der Waals surface area contributed by atoms with Crippen LogP contribution >= 0.6 is 0 Å². The lowest BCUT2D eigenvalue weighted by atomic mass is 10.0. The standard InChI is InChI=1S/C21H26N4O3/c1-15-3-4-18(21(26)25-7-11-28-12-8-25)23-20(15)17-13-19(22-14-16(17)2)24-5-9-27-10-6-24/h3-4,13-14H,5-12H2,1-2H3. The smallest absolute Gasteiger partial charge is 0.272 e. The lowest BCUT2D eigenvalue weighted by molar-refractivity contribution is 0.0299. The second-order valence-corrected chi connectivity index (χ2v) is 7.22. The number of carbonyl (C=O) groups is 1. The molecular weight excluding hydrogens is 356 g/mol. The highest BCUT2D eigenvalue weighted by Gasteiger charge is 2.21. The predicted octanol–water partition coefficient (Wildman–Crippen LogP) is 2.07. The summed E-state index contributed by atoms with van der Waals surface area (Å²) in [6, 6.07) is 5.87. The lowest BCUT2D eigenvalue weighted by Gasteiger charge is -2.28. The predicted molar refractivity (Wildman–Crippen MR) is 107 cm³/mol. The minimum atomic E-state index is -0.0374. The number of nitrogens with zero attached hydrogens (tertiary/aromatic N) is 4. The van der Waals surface area contributed by atoms with E-state index in [1.807, 2.05) is 37.1 Å². The van der Waals surface area contributed by atoms with Crippen molar-refractivity contribution in [2.24, 2.45) is 0 Å². The highest BCUT2D eigenvalue weighted by molar-refractivity contribution is 5.93. The molecule has 4 heterocycles. The van der Waals surface area contributed by atoms with Crippen LogP contribution in [0.3, 0.4) is 0 Å². The first kappa shape index (κ1) is 18.8. The van der Waals surface area contributed by atoms with Crippen LogP contribution in [0.5, 0.6) is 0 Å². The zero-order valence-electron chi connectivity index (χ0n) is 16.5. The third-order valence-corrected chi connectivity index (χ3v) is 5.29. The SMILES string of the molecule is Cc1cnc(N2CCOCC2)cc1-c1nc(C(=O)N2CCOCC2)ccc1C. The lowest BCUT2D eigenvalue weighted by Crippen LogP contribution is -2.41. The molecule has 2 fully saturated rings. The zero-order valence-corrected chi connectivity index (χ0v) is 16.5. The average Bonchev–Trinajstić information content (AvgIpc) is 2.75. The molecule has 0 N–H and O–H groups in total. The number of pyridine rings is 2. The summed E-state index contributed by atoms with van der Waals surface area (Å²) in [5.74, 6) is 0.889. The summed E-state index contributed by atoms with van der Waals surface area (Å²) in [6.07, 6.45) is 1.89. The Morgan fingerprint density at radius 2 is 1.64 bits per heavy atom. The maximum atomic E-state index is 12.9. The van der Waals surface area contributed by atoms with E-state index in [1.165, 1.54) is 0 Å². The third-order valence-electron chi connectivity index (χ3n) is 5.29. The Kier molecular flexibility index (Phi) is 5.54. The van der Waals surface area contributed by atoms with Crippen LogP contribution in [-0.2, 0) is 9.47 Å². The fourth-order valence-corrected chi connectivity index (χ4v) is 3.58. The van der Waals surface area contributed by atoms with Gasteiger partial charge in [0.05, 0.1) is 32.1 Å². The first-order valence-corrected chi connectivity index (χ1v) is 9.78. The Balaban J connectivity index is 1.67. The summed E-state index contributed by atoms with van der Waals surface area (Å²) in [6.45, 7) is 9.53. The molecule has 4 rings (SSSR count). The first-order valence-electron chi connectivity index (χ1n) is 9.78. The molecule has 0 unspecified atom stereocenters. The van der Waals surface area contributed by atoms with E-state index >= 15 is 0 Å². The summed E-state index contributed by atoms with van der Waals surface area (Å²) in [4.78, 5) is 26.3. The maximum Gasteiger partial charge on any atom is 0.272 e. The van der Waals surface area contributed by atoms with Crippen LogP contribution in [0.15, 0.2) is 24.4 Å². The van der Waals surface area contributed by atoms with E-state index in [0.29, 0.717) is 45.2 Å². The van der Waals surface area contributed by atoms with Crippen LogP contribution in [0.4, 0.5) is 5.82 Å². The van der Waals surface area contributed by atoms with E-state index in [0.717, 1.165) is 41.3 Å². The highest BCUT2D eigenvalue weighted by Crippen LogP contribution is 2.28. The van der Waals surface area contributed by atoms with Gasteiger partial charge in [-0.2, -0.15) is 0 Å². The van der Waals surface area contributed by atoms with Gasteiger partial charge in [0.25, 0.3) is 5.91 Å². The van der Waals surface area contributed by atoms with E-state index in [9.17, 15) is 4.79 Å². The minimum Gasteiger partial charge on any atom is -0.378 e. The normalized spacial score (nSPS) is 17.6. The molecular formula is C21H26N4O3. The molecule has 2 aromatic rings. The number of hydrogen-bond acceptors (Lipinski definition) is 6. The molecule has 7 heteroatoms. The zero-order chi connectivity index (χ0) is 19.5. The quantitative estimate of drug-likeness (QED) is 0.810. The number of hydrogen-bond donors (Lipinski definition) is 0. The van der Waals surface area contributed by atoms with Gasteiger partial charge in [-0.15, -0.1) is 0 Å². The van der Waals surface area contributed by atoms with Crippen LogP contribution in [0.25, 0.3) is 11.3 Å². The number of ether oxygens (including phenoxy) is 2. The Hall–Kier alpha value is -2.51. The van der Waals surface area contributed by atoms with Gasteiger partial charge < -0.3 is 19.3 Å². The summed E-state index contributed by atoms with van der Waals surface area (Å²) in [5.41, 5.74) is 4.43. The largest absolute Gasteiger partial charge is 0.378 e. The van der Waals surface area contributed by atoms with Crippen LogP contribution < -0.4 is 4.90 Å². The van der Waals surface area contributed by atoms with E-state index in [-0.39, 0.29) is 5.91 Å². The molecule has 0 aromatic carbocycles. The molecule has 0 saturated carbocycles. The van der Waals surface area contributed by atoms with Crippen molar-refractivity contribution in [3.63, 3.8) is 0 Å². The van der Waals surface area contributed by atoms with Crippen LogP contribution in [0, 0.1) is 13.8 Å². The molecule has 2 aromatic heterocycles. The van der Waals surface area contributed by atoms with Gasteiger partial charge in [0.1, 0.15) is 11.5 Å². The molecule has 0 spiro atoms. The summed E-state index contributed by atoms with van der Waals surface area (Å²) >= 11 is 0. The fraction of sp³-hybridized carbons (Fsp3) is 0.476. The second-order valence-electron chi connectivity index (χ2n) is 7.22. The number of aryl methyl sites for hydroxylation is 2. The van der Waals surface area contributed by atoms with Gasteiger partial charge in [0, 0.05) is 37.9 Å². The molecule has 7 nitrogen and oxygen atoms in total. The van der Waals surface area contributed by atoms with Gasteiger partial charge in [-0.3, -0.25) is 4.79 Å². The van der Waals surface area contributed by atoms with E-state index in [2.05, 4.69) is 16.0 Å². The van der Waals surface area contributed by atoms with Crippen molar-refractivity contribution in [3.05, 3.63) is 41.2 Å². The molecule has 2 aliphatic rings. The van der Waals surface area contributed by atoms with Crippen molar-refractivity contribution in [2.45, 2.75) is 13.8 Å². The first-order chi connectivity index (χ1) is 13.6. The molecule has 2 aliphatic heterocycles. The van der Waals surface area contributed by atoms with Gasteiger partial charge in [-0.25, -0.2) is 9.97 Å². The topological polar surface area (TPSA) is 67.8 Å². The van der Waals surface area contributed by atoms with Crippen LogP contribution in [0.2, 0.25) is 0 Å². The molecule has 0 bridgehead atoms. The highest BCUT2D eigenvalue weighted by atomic mass is 16.5. The fourth-order valence-electron chi connectivity index (χ4n) is 3.58. The summed E-state index contributed by atoms with van der Waals surface area (Å²) in [7, 11) is 0. The molecule has 1 amide bonds. The van der Waals surface area contributed by atoms with Crippen molar-refractivity contribution in [2.75, 3.05) is 57.5 Å². The van der Waals surface area contributed by atoms with Gasteiger partial charge in [-0.05, 0) is 37.1 Å². The molecule has 28 heavy (non-hydrogen) atoms. The molecule has 0 radical (unpaired) electrons. The Morgan fingerprint density at radius 1 is 0.964 bits per heavy atom. The van der Waals surface area contributed by atoms with Crippen LogP contribution in [-0.4, -0.2) is 73.4 Å². The van der Waals surface area contributed by atoms with Gasteiger partial charge in [0.2, 0.25) is 0 Å². The number of aromatic nitrogens is 2. The number of rotatable bonds is 3. The van der Waals surface area contributed by atoms with Gasteiger partial charge >= 0.3 is 0 Å². The minimum absolute atomic E-state index is 0.0374. The third kappa shape index (κ3) is 3.86. The Labute approximate surface area is 165 Å². The van der Waals surface area contributed by atoms with Crippen molar-refractivity contribution < 1.29 is 14.3 Å². The number of anilines is 1. The summed E-state index contributed by atoms with van der Waals surface area (Å²) < 4.78 is 10.8. The molecule has 0 aliphatic carbocycles. The van der Waals surface area contributed by atoms with E-state index in [4.69, 9.17) is 14.5 Å². The van der Waals surface area contributed by atoms with Crippen molar-refractivity contribution in [3.8, 4) is 11.3 Å². The monoisotopic (exact) mass is 382 g/mol. The van der Waals surface area contributed by atoms with Crippen molar-refractivity contribution in [1.29, 1.82) is 0 Å². The Bertz CT molecular complexity index is 859.